The molecule has 78 valence electrons. The molecule has 1 aromatic heterocycles. The van der Waals surface area contributed by atoms with Gasteiger partial charge in [0.25, 0.3) is 0 Å². The first-order chi connectivity index (χ1) is 6.88. The molecule has 0 amide bonds. The lowest BCUT2D eigenvalue weighted by molar-refractivity contribution is 0.183. The SMILES string of the molecule is COCCn1ccc(NC2CCC2)n1. The third-order valence-corrected chi connectivity index (χ3v) is 2.62. The molecule has 4 heteroatoms. The fraction of sp³-hybridized carbons (Fsp3) is 0.700. The van der Waals surface area contributed by atoms with Gasteiger partial charge in [0.05, 0.1) is 13.2 Å². The van der Waals surface area contributed by atoms with Gasteiger partial charge in [-0.3, -0.25) is 4.68 Å². The van der Waals surface area contributed by atoms with E-state index in [2.05, 4.69) is 10.4 Å². The number of rotatable bonds is 5. The first-order valence-electron chi connectivity index (χ1n) is 5.17. The molecule has 0 saturated heterocycles. The van der Waals surface area contributed by atoms with Crippen molar-refractivity contribution in [2.24, 2.45) is 0 Å². The Morgan fingerprint density at radius 2 is 2.50 bits per heavy atom. The lowest BCUT2D eigenvalue weighted by Gasteiger charge is -2.26. The Balaban J connectivity index is 1.82. The van der Waals surface area contributed by atoms with Crippen LogP contribution in [0.25, 0.3) is 0 Å². The summed E-state index contributed by atoms with van der Waals surface area (Å²) in [5, 5.41) is 7.80. The third-order valence-electron chi connectivity index (χ3n) is 2.62. The summed E-state index contributed by atoms with van der Waals surface area (Å²) < 4.78 is 6.89. The van der Waals surface area contributed by atoms with E-state index in [1.165, 1.54) is 19.3 Å². The van der Waals surface area contributed by atoms with Crippen LogP contribution >= 0.6 is 0 Å². The quantitative estimate of drug-likeness (QED) is 0.773. The van der Waals surface area contributed by atoms with E-state index in [1.54, 1.807) is 7.11 Å². The van der Waals surface area contributed by atoms with Gasteiger partial charge >= 0.3 is 0 Å². The minimum absolute atomic E-state index is 0.653. The van der Waals surface area contributed by atoms with E-state index in [-0.39, 0.29) is 0 Å². The largest absolute Gasteiger partial charge is 0.383 e. The maximum Gasteiger partial charge on any atom is 0.148 e. The fourth-order valence-corrected chi connectivity index (χ4v) is 1.51. The van der Waals surface area contributed by atoms with Crippen LogP contribution in [0.4, 0.5) is 5.82 Å². The van der Waals surface area contributed by atoms with Crippen molar-refractivity contribution in [3.8, 4) is 0 Å². The van der Waals surface area contributed by atoms with E-state index in [4.69, 9.17) is 4.74 Å². The Bertz CT molecular complexity index is 281. The van der Waals surface area contributed by atoms with Crippen molar-refractivity contribution < 1.29 is 4.74 Å². The van der Waals surface area contributed by atoms with Crippen molar-refractivity contribution in [2.45, 2.75) is 31.8 Å². The van der Waals surface area contributed by atoms with Gasteiger partial charge in [-0.05, 0) is 19.3 Å². The molecule has 0 aromatic carbocycles. The Hall–Kier alpha value is -1.03. The van der Waals surface area contributed by atoms with Crippen LogP contribution < -0.4 is 5.32 Å². The number of anilines is 1. The second-order valence-corrected chi connectivity index (χ2v) is 3.73. The van der Waals surface area contributed by atoms with Crippen molar-refractivity contribution in [2.75, 3.05) is 19.0 Å². The molecule has 0 atom stereocenters. The number of aromatic nitrogens is 2. The first-order valence-corrected chi connectivity index (χ1v) is 5.17. The fourth-order valence-electron chi connectivity index (χ4n) is 1.51. The molecule has 1 aliphatic carbocycles. The molecule has 1 N–H and O–H groups in total. The molecular formula is C10H17N3O. The zero-order valence-corrected chi connectivity index (χ0v) is 8.57. The Morgan fingerprint density at radius 1 is 1.64 bits per heavy atom. The maximum atomic E-state index is 4.99. The van der Waals surface area contributed by atoms with Gasteiger partial charge in [-0.1, -0.05) is 0 Å². The summed E-state index contributed by atoms with van der Waals surface area (Å²) in [6.07, 6.45) is 5.90. The summed E-state index contributed by atoms with van der Waals surface area (Å²) in [5.41, 5.74) is 0. The smallest absolute Gasteiger partial charge is 0.148 e. The molecule has 1 aliphatic rings. The van der Waals surface area contributed by atoms with Gasteiger partial charge in [-0.25, -0.2) is 0 Å². The van der Waals surface area contributed by atoms with Crippen molar-refractivity contribution >= 4 is 5.82 Å². The van der Waals surface area contributed by atoms with Gasteiger partial charge in [0.2, 0.25) is 0 Å². The number of ether oxygens (including phenoxy) is 1. The highest BCUT2D eigenvalue weighted by molar-refractivity contribution is 5.34. The van der Waals surface area contributed by atoms with Crippen molar-refractivity contribution in [1.82, 2.24) is 9.78 Å². The average molecular weight is 195 g/mol. The molecule has 14 heavy (non-hydrogen) atoms. The predicted molar refractivity (Wildman–Crippen MR) is 55.4 cm³/mol. The summed E-state index contributed by atoms with van der Waals surface area (Å²) in [6.45, 7) is 1.54. The van der Waals surface area contributed by atoms with Gasteiger partial charge in [-0.15, -0.1) is 0 Å². The van der Waals surface area contributed by atoms with Crippen molar-refractivity contribution in [3.05, 3.63) is 12.3 Å². The monoisotopic (exact) mass is 195 g/mol. The highest BCUT2D eigenvalue weighted by atomic mass is 16.5. The zero-order chi connectivity index (χ0) is 9.80. The molecule has 1 saturated carbocycles. The van der Waals surface area contributed by atoms with E-state index in [9.17, 15) is 0 Å². The summed E-state index contributed by atoms with van der Waals surface area (Å²) in [4.78, 5) is 0. The lowest BCUT2D eigenvalue weighted by atomic mass is 9.93. The number of hydrogen-bond donors (Lipinski definition) is 1. The number of hydrogen-bond acceptors (Lipinski definition) is 3. The first kappa shape index (κ1) is 9.52. The molecule has 1 fully saturated rings. The minimum Gasteiger partial charge on any atom is -0.383 e. The standard InChI is InChI=1S/C10H17N3O/c1-14-8-7-13-6-5-10(12-13)11-9-3-2-4-9/h5-6,9H,2-4,7-8H2,1H3,(H,11,12). The average Bonchev–Trinajstić information content (AvgIpc) is 2.56. The highest BCUT2D eigenvalue weighted by Crippen LogP contribution is 2.21. The number of nitrogens with zero attached hydrogens (tertiary/aromatic N) is 2. The Labute approximate surface area is 84.3 Å². The molecule has 0 aliphatic heterocycles. The van der Waals surface area contributed by atoms with E-state index in [1.807, 2.05) is 16.9 Å². The highest BCUT2D eigenvalue weighted by Gasteiger charge is 2.17. The van der Waals surface area contributed by atoms with Crippen LogP contribution in [0.5, 0.6) is 0 Å². The molecule has 1 aromatic rings. The summed E-state index contributed by atoms with van der Waals surface area (Å²) in [5.74, 6) is 0.991. The second kappa shape index (κ2) is 4.46. The van der Waals surface area contributed by atoms with Crippen molar-refractivity contribution in [1.29, 1.82) is 0 Å². The molecule has 4 nitrogen and oxygen atoms in total. The van der Waals surface area contributed by atoms with Gasteiger partial charge in [0.15, 0.2) is 0 Å². The van der Waals surface area contributed by atoms with E-state index >= 15 is 0 Å². The molecule has 2 rings (SSSR count). The van der Waals surface area contributed by atoms with E-state index < -0.39 is 0 Å². The van der Waals surface area contributed by atoms with E-state index in [0.29, 0.717) is 12.6 Å². The van der Waals surface area contributed by atoms with Crippen LogP contribution in [0.15, 0.2) is 12.3 Å². The topological polar surface area (TPSA) is 39.1 Å². The van der Waals surface area contributed by atoms with Gasteiger partial charge in [0, 0.05) is 25.4 Å². The number of nitrogens with one attached hydrogen (secondary N) is 1. The van der Waals surface area contributed by atoms with Crippen molar-refractivity contribution in [3.63, 3.8) is 0 Å². The normalized spacial score (nSPS) is 16.6. The van der Waals surface area contributed by atoms with Crippen LogP contribution in [-0.4, -0.2) is 29.5 Å². The lowest BCUT2D eigenvalue weighted by Crippen LogP contribution is -2.27. The van der Waals surface area contributed by atoms with Gasteiger partial charge in [0.1, 0.15) is 5.82 Å². The minimum atomic E-state index is 0.653. The Kier molecular flexibility index (Phi) is 3.03. The Morgan fingerprint density at radius 3 is 3.14 bits per heavy atom. The number of methoxy groups -OCH3 is 1. The van der Waals surface area contributed by atoms with Gasteiger partial charge < -0.3 is 10.1 Å². The van der Waals surface area contributed by atoms with Crippen LogP contribution in [0, 0.1) is 0 Å². The van der Waals surface area contributed by atoms with Crippen LogP contribution in [0.2, 0.25) is 0 Å². The predicted octanol–water partition coefficient (Wildman–Crippen LogP) is 1.49. The molecule has 0 bridgehead atoms. The van der Waals surface area contributed by atoms with Crippen LogP contribution in [0.1, 0.15) is 19.3 Å². The zero-order valence-electron chi connectivity index (χ0n) is 8.57. The molecular weight excluding hydrogens is 178 g/mol. The molecule has 0 unspecified atom stereocenters. The second-order valence-electron chi connectivity index (χ2n) is 3.73. The molecule has 1 heterocycles. The maximum absolute atomic E-state index is 4.99. The summed E-state index contributed by atoms with van der Waals surface area (Å²) in [7, 11) is 1.71. The molecule has 0 radical (unpaired) electrons. The third kappa shape index (κ3) is 2.26. The summed E-state index contributed by atoms with van der Waals surface area (Å²) in [6, 6.07) is 2.68. The van der Waals surface area contributed by atoms with Gasteiger partial charge in [-0.2, -0.15) is 5.10 Å². The van der Waals surface area contributed by atoms with Crippen LogP contribution in [0.3, 0.4) is 0 Å². The van der Waals surface area contributed by atoms with Crippen LogP contribution in [-0.2, 0) is 11.3 Å². The summed E-state index contributed by atoms with van der Waals surface area (Å²) >= 11 is 0. The molecule has 0 spiro atoms. The van der Waals surface area contributed by atoms with E-state index in [0.717, 1.165) is 12.4 Å².